The van der Waals surface area contributed by atoms with Crippen molar-refractivity contribution in [3.8, 4) is 0 Å². The maximum absolute atomic E-state index is 11.8. The van der Waals surface area contributed by atoms with E-state index in [9.17, 15) is 14.9 Å². The van der Waals surface area contributed by atoms with Crippen molar-refractivity contribution in [1.29, 1.82) is 0 Å². The number of rotatable bonds is 8. The summed E-state index contributed by atoms with van der Waals surface area (Å²) in [7, 11) is 2.15. The van der Waals surface area contributed by atoms with Crippen molar-refractivity contribution in [2.24, 2.45) is 5.92 Å². The molecular formula is C17H25N3O3S. The fourth-order valence-corrected chi connectivity index (χ4v) is 3.61. The van der Waals surface area contributed by atoms with Gasteiger partial charge in [-0.25, -0.2) is 0 Å². The van der Waals surface area contributed by atoms with Gasteiger partial charge in [-0.2, -0.15) is 0 Å². The number of hydrogen-bond acceptors (Lipinski definition) is 5. The second-order valence-corrected chi connectivity index (χ2v) is 7.29. The van der Waals surface area contributed by atoms with Gasteiger partial charge in [0.2, 0.25) is 5.91 Å². The number of non-ortho nitro benzene ring substituents is 1. The minimum atomic E-state index is -0.408. The standard InChI is InChI=1S/C17H25N3O3S/c1-19-10-7-14(8-11-19)6-9-18-17(21)13-24-12-15-2-4-16(5-3-15)20(22)23/h2-5,14H,6-13H2,1H3,(H,18,21). The van der Waals surface area contributed by atoms with Crippen molar-refractivity contribution in [1.82, 2.24) is 10.2 Å². The van der Waals surface area contributed by atoms with Gasteiger partial charge in [-0.05, 0) is 50.9 Å². The maximum Gasteiger partial charge on any atom is 0.269 e. The topological polar surface area (TPSA) is 75.5 Å². The van der Waals surface area contributed by atoms with Crippen molar-refractivity contribution in [3.63, 3.8) is 0 Å². The van der Waals surface area contributed by atoms with E-state index in [-0.39, 0.29) is 11.6 Å². The number of thioether (sulfide) groups is 1. The van der Waals surface area contributed by atoms with Gasteiger partial charge in [0, 0.05) is 24.4 Å². The molecule has 0 radical (unpaired) electrons. The molecule has 1 aromatic rings. The molecule has 24 heavy (non-hydrogen) atoms. The third-order valence-electron chi connectivity index (χ3n) is 4.36. The number of carbonyl (C=O) groups is 1. The van der Waals surface area contributed by atoms with E-state index < -0.39 is 4.92 Å². The number of amides is 1. The number of benzene rings is 1. The normalized spacial score (nSPS) is 16.0. The number of hydrogen-bond donors (Lipinski definition) is 1. The first-order chi connectivity index (χ1) is 11.5. The highest BCUT2D eigenvalue weighted by molar-refractivity contribution is 7.99. The molecule has 1 aromatic carbocycles. The van der Waals surface area contributed by atoms with E-state index in [2.05, 4.69) is 17.3 Å². The number of nitro groups is 1. The number of piperidine rings is 1. The second-order valence-electron chi connectivity index (χ2n) is 6.30. The second kappa shape index (κ2) is 9.64. The van der Waals surface area contributed by atoms with Gasteiger partial charge in [0.25, 0.3) is 5.69 Å². The fourth-order valence-electron chi connectivity index (χ4n) is 2.79. The summed E-state index contributed by atoms with van der Waals surface area (Å²) >= 11 is 1.53. The fraction of sp³-hybridized carbons (Fsp3) is 0.588. The first kappa shape index (κ1) is 18.7. The van der Waals surface area contributed by atoms with E-state index in [1.807, 2.05) is 0 Å². The lowest BCUT2D eigenvalue weighted by atomic mass is 9.94. The third-order valence-corrected chi connectivity index (χ3v) is 5.37. The van der Waals surface area contributed by atoms with E-state index >= 15 is 0 Å². The number of likely N-dealkylation sites (tertiary alicyclic amines) is 1. The molecule has 132 valence electrons. The molecule has 1 aliphatic rings. The zero-order valence-corrected chi connectivity index (χ0v) is 14.9. The van der Waals surface area contributed by atoms with Crippen LogP contribution in [0, 0.1) is 16.0 Å². The number of nitrogens with one attached hydrogen (secondary N) is 1. The van der Waals surface area contributed by atoms with Crippen LogP contribution in [0.3, 0.4) is 0 Å². The van der Waals surface area contributed by atoms with Crippen molar-refractivity contribution < 1.29 is 9.72 Å². The molecule has 1 aliphatic heterocycles. The van der Waals surface area contributed by atoms with E-state index in [1.165, 1.54) is 36.7 Å². The molecule has 1 amide bonds. The van der Waals surface area contributed by atoms with Gasteiger partial charge in [0.05, 0.1) is 10.7 Å². The summed E-state index contributed by atoms with van der Waals surface area (Å²) in [6, 6.07) is 6.47. The van der Waals surface area contributed by atoms with E-state index in [1.54, 1.807) is 12.1 Å². The quantitative estimate of drug-likeness (QED) is 0.576. The van der Waals surface area contributed by atoms with Crippen LogP contribution in [0.4, 0.5) is 5.69 Å². The largest absolute Gasteiger partial charge is 0.355 e. The van der Waals surface area contributed by atoms with Crippen LogP contribution in [0.2, 0.25) is 0 Å². The van der Waals surface area contributed by atoms with Crippen LogP contribution in [0.1, 0.15) is 24.8 Å². The van der Waals surface area contributed by atoms with Crippen LogP contribution in [-0.2, 0) is 10.5 Å². The Bertz CT molecular complexity index is 543. The molecule has 2 rings (SSSR count). The summed E-state index contributed by atoms with van der Waals surface area (Å²) in [6.07, 6.45) is 3.51. The molecule has 0 aromatic heterocycles. The molecular weight excluding hydrogens is 326 g/mol. The minimum Gasteiger partial charge on any atom is -0.355 e. The summed E-state index contributed by atoms with van der Waals surface area (Å²) in [5.74, 6) is 1.90. The monoisotopic (exact) mass is 351 g/mol. The molecule has 0 aliphatic carbocycles. The Balaban J connectivity index is 1.57. The van der Waals surface area contributed by atoms with Gasteiger partial charge in [-0.3, -0.25) is 14.9 Å². The molecule has 0 atom stereocenters. The van der Waals surface area contributed by atoms with Gasteiger partial charge < -0.3 is 10.2 Å². The predicted octanol–water partition coefficient (Wildman–Crippen LogP) is 2.68. The van der Waals surface area contributed by atoms with E-state index in [0.29, 0.717) is 11.5 Å². The average molecular weight is 351 g/mol. The Morgan fingerprint density at radius 1 is 1.33 bits per heavy atom. The third kappa shape index (κ3) is 6.49. The van der Waals surface area contributed by atoms with Crippen molar-refractivity contribution in [2.75, 3.05) is 32.4 Å². The van der Waals surface area contributed by atoms with Crippen molar-refractivity contribution in [3.05, 3.63) is 39.9 Å². The van der Waals surface area contributed by atoms with E-state index in [0.717, 1.165) is 37.5 Å². The Kier molecular flexibility index (Phi) is 7.52. The zero-order chi connectivity index (χ0) is 17.4. The zero-order valence-electron chi connectivity index (χ0n) is 14.1. The minimum absolute atomic E-state index is 0.0647. The summed E-state index contributed by atoms with van der Waals surface area (Å²) in [5, 5.41) is 13.6. The van der Waals surface area contributed by atoms with Crippen LogP contribution in [0.5, 0.6) is 0 Å². The van der Waals surface area contributed by atoms with Gasteiger partial charge in [0.15, 0.2) is 0 Å². The average Bonchev–Trinajstić information content (AvgIpc) is 2.57. The van der Waals surface area contributed by atoms with Crippen LogP contribution in [0.25, 0.3) is 0 Å². The summed E-state index contributed by atoms with van der Waals surface area (Å²) in [6.45, 7) is 3.07. The molecule has 0 saturated carbocycles. The number of nitrogens with zero attached hydrogens (tertiary/aromatic N) is 2. The lowest BCUT2D eigenvalue weighted by Crippen LogP contribution is -2.33. The molecule has 6 nitrogen and oxygen atoms in total. The molecule has 1 saturated heterocycles. The molecule has 0 bridgehead atoms. The van der Waals surface area contributed by atoms with Crippen molar-refractivity contribution >= 4 is 23.4 Å². The first-order valence-corrected chi connectivity index (χ1v) is 9.46. The van der Waals surface area contributed by atoms with Crippen LogP contribution >= 0.6 is 11.8 Å². The summed E-state index contributed by atoms with van der Waals surface area (Å²) < 4.78 is 0. The molecule has 1 heterocycles. The Labute approximate surface area is 147 Å². The van der Waals surface area contributed by atoms with Crippen LogP contribution < -0.4 is 5.32 Å². The molecule has 1 N–H and O–H groups in total. The van der Waals surface area contributed by atoms with Crippen LogP contribution in [0.15, 0.2) is 24.3 Å². The van der Waals surface area contributed by atoms with Crippen LogP contribution in [-0.4, -0.2) is 48.2 Å². The highest BCUT2D eigenvalue weighted by Crippen LogP contribution is 2.19. The molecule has 1 fully saturated rings. The maximum atomic E-state index is 11.8. The smallest absolute Gasteiger partial charge is 0.269 e. The molecule has 0 unspecified atom stereocenters. The number of nitro benzene ring substituents is 1. The Hall–Kier alpha value is -1.60. The van der Waals surface area contributed by atoms with Gasteiger partial charge in [-0.1, -0.05) is 12.1 Å². The lowest BCUT2D eigenvalue weighted by Gasteiger charge is -2.28. The molecule has 7 heteroatoms. The molecule has 0 spiro atoms. The Morgan fingerprint density at radius 3 is 2.62 bits per heavy atom. The predicted molar refractivity (Wildman–Crippen MR) is 97.1 cm³/mol. The van der Waals surface area contributed by atoms with Gasteiger partial charge in [0.1, 0.15) is 0 Å². The highest BCUT2D eigenvalue weighted by atomic mass is 32.2. The van der Waals surface area contributed by atoms with Gasteiger partial charge in [-0.15, -0.1) is 11.8 Å². The first-order valence-electron chi connectivity index (χ1n) is 8.31. The number of carbonyl (C=O) groups excluding carboxylic acids is 1. The van der Waals surface area contributed by atoms with E-state index in [4.69, 9.17) is 0 Å². The lowest BCUT2D eigenvalue weighted by molar-refractivity contribution is -0.384. The SMILES string of the molecule is CN1CCC(CCNC(=O)CSCc2ccc([N+](=O)[O-])cc2)CC1. The Morgan fingerprint density at radius 2 is 2.00 bits per heavy atom. The summed E-state index contributed by atoms with van der Waals surface area (Å²) in [5.41, 5.74) is 1.08. The van der Waals surface area contributed by atoms with Crippen molar-refractivity contribution in [2.45, 2.75) is 25.0 Å². The van der Waals surface area contributed by atoms with Gasteiger partial charge >= 0.3 is 0 Å². The highest BCUT2D eigenvalue weighted by Gasteiger charge is 2.16. The summed E-state index contributed by atoms with van der Waals surface area (Å²) in [4.78, 5) is 24.4.